The van der Waals surface area contributed by atoms with Gasteiger partial charge in [0, 0.05) is 24.7 Å². The number of H-pyrrole nitrogens is 1. The lowest BCUT2D eigenvalue weighted by molar-refractivity contribution is -0.143. The number of nitrogens with zero attached hydrogens (tertiary/aromatic N) is 1. The number of carbonyl (C=O) groups excluding carboxylic acids is 3. The zero-order valence-electron chi connectivity index (χ0n) is 21.7. The first-order valence-electron chi connectivity index (χ1n) is 12.5. The summed E-state index contributed by atoms with van der Waals surface area (Å²) < 4.78 is 0. The molecule has 0 spiro atoms. The number of aliphatic hydroxyl groups is 1. The number of aromatic hydroxyl groups is 1. The van der Waals surface area contributed by atoms with Crippen molar-refractivity contribution in [2.45, 2.75) is 69.3 Å². The van der Waals surface area contributed by atoms with Crippen molar-refractivity contribution >= 4 is 23.7 Å². The Morgan fingerprint density at radius 2 is 1.64 bits per heavy atom. The molecule has 0 radical (unpaired) electrons. The van der Waals surface area contributed by atoms with E-state index in [1.54, 1.807) is 0 Å². The van der Waals surface area contributed by atoms with Gasteiger partial charge in [0.15, 0.2) is 0 Å². The van der Waals surface area contributed by atoms with Gasteiger partial charge in [0.2, 0.25) is 17.7 Å². The van der Waals surface area contributed by atoms with E-state index in [-0.39, 0.29) is 25.0 Å². The van der Waals surface area contributed by atoms with E-state index in [1.165, 1.54) is 43.7 Å². The van der Waals surface area contributed by atoms with Crippen LogP contribution in [0.4, 0.5) is 0 Å². The van der Waals surface area contributed by atoms with Gasteiger partial charge in [-0.3, -0.25) is 14.4 Å². The number of carboxylic acid groups (broad SMARTS) is 1. The molecule has 3 amide bonds. The molecule has 0 fully saturated rings. The summed E-state index contributed by atoms with van der Waals surface area (Å²) in [7, 11) is 0. The van der Waals surface area contributed by atoms with Crippen LogP contribution in [0.3, 0.4) is 0 Å². The van der Waals surface area contributed by atoms with E-state index in [1.807, 2.05) is 0 Å². The van der Waals surface area contributed by atoms with Gasteiger partial charge < -0.3 is 47.7 Å². The first-order chi connectivity index (χ1) is 18.5. The van der Waals surface area contributed by atoms with Gasteiger partial charge in [-0.25, -0.2) is 9.78 Å². The predicted molar refractivity (Wildman–Crippen MR) is 140 cm³/mol. The molecule has 1 heterocycles. The van der Waals surface area contributed by atoms with Gasteiger partial charge in [-0.2, -0.15) is 0 Å². The molecular formula is C25H37N7O7. The number of hydrogen-bond donors (Lipinski definition) is 9. The van der Waals surface area contributed by atoms with Crippen molar-refractivity contribution in [3.63, 3.8) is 0 Å². The van der Waals surface area contributed by atoms with Gasteiger partial charge in [0.05, 0.1) is 18.5 Å². The van der Waals surface area contributed by atoms with Crippen molar-refractivity contribution in [2.24, 2.45) is 11.5 Å². The van der Waals surface area contributed by atoms with Crippen LogP contribution in [-0.4, -0.2) is 85.8 Å². The van der Waals surface area contributed by atoms with Crippen LogP contribution in [0.2, 0.25) is 0 Å². The van der Waals surface area contributed by atoms with Crippen LogP contribution in [-0.2, 0) is 32.0 Å². The smallest absolute Gasteiger partial charge is 0.326 e. The Bertz CT molecular complexity index is 1080. The van der Waals surface area contributed by atoms with E-state index < -0.39 is 54.0 Å². The first-order valence-corrected chi connectivity index (χ1v) is 12.5. The van der Waals surface area contributed by atoms with Gasteiger partial charge >= 0.3 is 5.97 Å². The Kier molecular flexibility index (Phi) is 12.3. The van der Waals surface area contributed by atoms with Crippen LogP contribution in [0, 0.1) is 0 Å². The Morgan fingerprint density at radius 1 is 0.974 bits per heavy atom. The van der Waals surface area contributed by atoms with Crippen LogP contribution >= 0.6 is 0 Å². The second-order valence-electron chi connectivity index (χ2n) is 9.23. The molecule has 14 nitrogen and oxygen atoms in total. The summed E-state index contributed by atoms with van der Waals surface area (Å²) in [4.78, 5) is 57.3. The largest absolute Gasteiger partial charge is 0.508 e. The second-order valence-corrected chi connectivity index (χ2v) is 9.23. The average molecular weight is 548 g/mol. The molecular weight excluding hydrogens is 510 g/mol. The SMILES string of the molecule is CC(O)C(NC(=O)C(CCCCN)NC(=O)C(N)Cc1cnc[nH]1)C(=O)NC(Cc1ccc(O)cc1)C(=O)O. The Morgan fingerprint density at radius 3 is 2.21 bits per heavy atom. The van der Waals surface area contributed by atoms with E-state index in [2.05, 4.69) is 25.9 Å². The van der Waals surface area contributed by atoms with E-state index in [4.69, 9.17) is 11.5 Å². The number of aromatic nitrogens is 2. The summed E-state index contributed by atoms with van der Waals surface area (Å²) in [6.45, 7) is 1.64. The Labute approximate surface area is 225 Å². The molecule has 0 aliphatic heterocycles. The van der Waals surface area contributed by atoms with Crippen LogP contribution in [0.1, 0.15) is 37.4 Å². The number of nitrogens with two attached hydrogens (primary N) is 2. The number of aliphatic carboxylic acids is 1. The number of aromatic amines is 1. The number of imidazole rings is 1. The van der Waals surface area contributed by atoms with Gasteiger partial charge in [-0.05, 0) is 50.4 Å². The zero-order valence-corrected chi connectivity index (χ0v) is 21.7. The molecule has 0 bridgehead atoms. The topological polar surface area (TPSA) is 246 Å². The quantitative estimate of drug-likeness (QED) is 0.108. The molecule has 39 heavy (non-hydrogen) atoms. The van der Waals surface area contributed by atoms with Crippen LogP contribution in [0.5, 0.6) is 5.75 Å². The van der Waals surface area contributed by atoms with Crippen molar-refractivity contribution in [1.29, 1.82) is 0 Å². The molecule has 0 saturated carbocycles. The molecule has 214 valence electrons. The van der Waals surface area contributed by atoms with E-state index in [0.717, 1.165) is 0 Å². The number of carboxylic acids is 1. The van der Waals surface area contributed by atoms with Crippen LogP contribution < -0.4 is 27.4 Å². The summed E-state index contributed by atoms with van der Waals surface area (Å²) >= 11 is 0. The lowest BCUT2D eigenvalue weighted by Crippen LogP contribution is -2.60. The highest BCUT2D eigenvalue weighted by atomic mass is 16.4. The summed E-state index contributed by atoms with van der Waals surface area (Å²) in [5.41, 5.74) is 12.7. The second kappa shape index (κ2) is 15.4. The van der Waals surface area contributed by atoms with Gasteiger partial charge in [-0.15, -0.1) is 0 Å². The van der Waals surface area contributed by atoms with Gasteiger partial charge in [-0.1, -0.05) is 12.1 Å². The number of phenolic OH excluding ortho intramolecular Hbond substituents is 1. The fourth-order valence-electron chi connectivity index (χ4n) is 3.75. The summed E-state index contributed by atoms with van der Waals surface area (Å²) in [5.74, 6) is -3.60. The molecule has 2 aromatic rings. The van der Waals surface area contributed by atoms with Crippen molar-refractivity contribution in [2.75, 3.05) is 6.54 Å². The van der Waals surface area contributed by atoms with Crippen molar-refractivity contribution < 1.29 is 34.5 Å². The predicted octanol–water partition coefficient (Wildman–Crippen LogP) is -1.72. The number of amides is 3. The molecule has 0 saturated heterocycles. The zero-order chi connectivity index (χ0) is 28.9. The normalized spacial score (nSPS) is 14.9. The number of carbonyl (C=O) groups is 4. The minimum Gasteiger partial charge on any atom is -0.508 e. The summed E-state index contributed by atoms with van der Waals surface area (Å²) in [6, 6.07) is 0.839. The summed E-state index contributed by atoms with van der Waals surface area (Å²) in [5, 5.41) is 36.6. The summed E-state index contributed by atoms with van der Waals surface area (Å²) in [6.07, 6.45) is 2.90. The number of rotatable bonds is 16. The monoisotopic (exact) mass is 547 g/mol. The molecule has 1 aromatic carbocycles. The van der Waals surface area contributed by atoms with E-state index in [0.29, 0.717) is 30.6 Å². The number of benzene rings is 1. The first kappa shape index (κ1) is 31.2. The Balaban J connectivity index is 2.09. The van der Waals surface area contributed by atoms with Gasteiger partial charge in [0.25, 0.3) is 0 Å². The maximum atomic E-state index is 13.1. The third-order valence-corrected chi connectivity index (χ3v) is 5.96. The molecule has 14 heteroatoms. The standard InChI is InChI=1S/C25H37N7O7/c1-14(33)21(24(37)31-20(25(38)39)10-15-5-7-17(34)8-6-15)32-23(36)19(4-2-3-9-26)30-22(35)18(27)11-16-12-28-13-29-16/h5-8,12-14,18-21,33-34H,2-4,9-11,26-27H2,1H3,(H,28,29)(H,30,35)(H,31,37)(H,32,36)(H,38,39). The minimum absolute atomic E-state index is 0.00177. The maximum Gasteiger partial charge on any atom is 0.326 e. The number of aliphatic hydroxyl groups excluding tert-OH is 1. The molecule has 0 aliphatic rings. The number of nitrogens with one attached hydrogen (secondary N) is 4. The lowest BCUT2D eigenvalue weighted by Gasteiger charge is -2.26. The number of hydrogen-bond acceptors (Lipinski definition) is 9. The molecule has 2 rings (SSSR count). The fourth-order valence-corrected chi connectivity index (χ4v) is 3.75. The number of unbranched alkanes of at least 4 members (excludes halogenated alkanes) is 1. The number of phenols is 1. The molecule has 11 N–H and O–H groups in total. The van der Waals surface area contributed by atoms with Crippen molar-refractivity contribution in [3.8, 4) is 5.75 Å². The van der Waals surface area contributed by atoms with E-state index in [9.17, 15) is 34.5 Å². The Hall–Kier alpha value is -4.01. The van der Waals surface area contributed by atoms with Gasteiger partial charge in [0.1, 0.15) is 23.9 Å². The maximum absolute atomic E-state index is 13.1. The average Bonchev–Trinajstić information content (AvgIpc) is 3.40. The van der Waals surface area contributed by atoms with Crippen LogP contribution in [0.25, 0.3) is 0 Å². The third-order valence-electron chi connectivity index (χ3n) is 5.96. The molecule has 5 atom stereocenters. The molecule has 5 unspecified atom stereocenters. The van der Waals surface area contributed by atoms with E-state index >= 15 is 0 Å². The third kappa shape index (κ3) is 10.3. The highest BCUT2D eigenvalue weighted by molar-refractivity contribution is 5.94. The fraction of sp³-hybridized carbons (Fsp3) is 0.480. The highest BCUT2D eigenvalue weighted by Gasteiger charge is 2.32. The highest BCUT2D eigenvalue weighted by Crippen LogP contribution is 2.12. The van der Waals surface area contributed by atoms with Crippen molar-refractivity contribution in [3.05, 3.63) is 48.0 Å². The lowest BCUT2D eigenvalue weighted by atomic mass is 10.0. The minimum atomic E-state index is -1.51. The molecule has 1 aromatic heterocycles. The van der Waals surface area contributed by atoms with Crippen molar-refractivity contribution in [1.82, 2.24) is 25.9 Å². The van der Waals surface area contributed by atoms with Crippen LogP contribution in [0.15, 0.2) is 36.8 Å². The molecule has 0 aliphatic carbocycles.